The smallest absolute Gasteiger partial charge is 0.335 e. The van der Waals surface area contributed by atoms with E-state index in [4.69, 9.17) is 25.8 Å². The molecule has 1 aliphatic heterocycles. The second-order valence-electron chi connectivity index (χ2n) is 8.03. The van der Waals surface area contributed by atoms with Crippen LogP contribution in [-0.4, -0.2) is 44.6 Å². The molecule has 0 aromatic heterocycles. The third-order valence-corrected chi connectivity index (χ3v) is 5.75. The molecule has 0 bridgehead atoms. The van der Waals surface area contributed by atoms with Gasteiger partial charge in [0, 0.05) is 5.69 Å². The van der Waals surface area contributed by atoms with Gasteiger partial charge in [-0.1, -0.05) is 11.6 Å². The minimum absolute atomic E-state index is 0.0357. The van der Waals surface area contributed by atoms with E-state index in [9.17, 15) is 23.6 Å². The van der Waals surface area contributed by atoms with E-state index in [1.807, 2.05) is 0 Å². The predicted molar refractivity (Wildman–Crippen MR) is 141 cm³/mol. The molecule has 1 heterocycles. The molecule has 3 aromatic carbocycles. The summed E-state index contributed by atoms with van der Waals surface area (Å²) in [6, 6.07) is 13.2. The second kappa shape index (κ2) is 11.7. The van der Waals surface area contributed by atoms with Crippen LogP contribution in [0.15, 0.2) is 66.2 Å². The number of benzene rings is 3. The number of methoxy groups -OCH3 is 2. The first-order valence-corrected chi connectivity index (χ1v) is 11.7. The molecule has 1 fully saturated rings. The standard InChI is InChI=1S/C27H21ClFN3O7/c1-37-19-9-5-17(6-10-19)30-23(33)14-39-24-21(28)12-15(13-22(24)38-2)11-20-25(34)31-27(36)32(26(20)35)18-7-3-16(29)4-8-18/h3-13H,14H2,1-2H3,(H,30,33)(H,31,34,36)/b20-11+. The van der Waals surface area contributed by atoms with Crippen molar-refractivity contribution in [1.29, 1.82) is 0 Å². The Balaban J connectivity index is 1.53. The molecule has 0 radical (unpaired) electrons. The topological polar surface area (TPSA) is 123 Å². The molecule has 0 aliphatic carbocycles. The number of urea groups is 1. The van der Waals surface area contributed by atoms with Crippen LogP contribution < -0.4 is 29.7 Å². The Morgan fingerprint density at radius 3 is 2.36 bits per heavy atom. The quantitative estimate of drug-likeness (QED) is 0.317. The summed E-state index contributed by atoms with van der Waals surface area (Å²) in [4.78, 5) is 50.9. The number of amides is 5. The van der Waals surface area contributed by atoms with Gasteiger partial charge in [0.25, 0.3) is 17.7 Å². The Hall–Kier alpha value is -4.90. The van der Waals surface area contributed by atoms with E-state index < -0.39 is 36.2 Å². The van der Waals surface area contributed by atoms with E-state index in [-0.39, 0.29) is 33.3 Å². The minimum atomic E-state index is -0.971. The summed E-state index contributed by atoms with van der Waals surface area (Å²) in [7, 11) is 2.88. The maximum absolute atomic E-state index is 13.3. The highest BCUT2D eigenvalue weighted by molar-refractivity contribution is 6.39. The van der Waals surface area contributed by atoms with E-state index in [0.717, 1.165) is 12.1 Å². The molecule has 10 nitrogen and oxygen atoms in total. The lowest BCUT2D eigenvalue weighted by molar-refractivity contribution is -0.122. The fourth-order valence-electron chi connectivity index (χ4n) is 3.62. The lowest BCUT2D eigenvalue weighted by Crippen LogP contribution is -2.54. The summed E-state index contributed by atoms with van der Waals surface area (Å²) in [6.07, 6.45) is 1.22. The van der Waals surface area contributed by atoms with Crippen LogP contribution in [0, 0.1) is 5.82 Å². The number of ether oxygens (including phenoxy) is 3. The lowest BCUT2D eigenvalue weighted by Gasteiger charge is -2.26. The summed E-state index contributed by atoms with van der Waals surface area (Å²) in [5.74, 6) is -2.03. The summed E-state index contributed by atoms with van der Waals surface area (Å²) in [6.45, 7) is -0.391. The van der Waals surface area contributed by atoms with Crippen LogP contribution in [-0.2, 0) is 14.4 Å². The first-order valence-electron chi connectivity index (χ1n) is 11.3. The maximum Gasteiger partial charge on any atom is 0.335 e. The number of imide groups is 2. The molecule has 1 saturated heterocycles. The fourth-order valence-corrected chi connectivity index (χ4v) is 3.89. The van der Waals surface area contributed by atoms with Crippen molar-refractivity contribution in [2.24, 2.45) is 0 Å². The lowest BCUT2D eigenvalue weighted by atomic mass is 10.1. The number of carbonyl (C=O) groups excluding carboxylic acids is 4. The number of barbiturate groups is 1. The van der Waals surface area contributed by atoms with Crippen molar-refractivity contribution in [3.8, 4) is 17.2 Å². The Kier molecular flexibility index (Phi) is 8.11. The van der Waals surface area contributed by atoms with Crippen LogP contribution >= 0.6 is 11.6 Å². The first kappa shape index (κ1) is 27.1. The second-order valence-corrected chi connectivity index (χ2v) is 8.44. The molecule has 1 aliphatic rings. The molecule has 2 N–H and O–H groups in total. The van der Waals surface area contributed by atoms with Gasteiger partial charge >= 0.3 is 6.03 Å². The monoisotopic (exact) mass is 553 g/mol. The van der Waals surface area contributed by atoms with E-state index in [1.165, 1.54) is 44.6 Å². The van der Waals surface area contributed by atoms with Crippen LogP contribution in [0.25, 0.3) is 6.08 Å². The van der Waals surface area contributed by atoms with Gasteiger partial charge in [0.1, 0.15) is 17.1 Å². The van der Waals surface area contributed by atoms with E-state index >= 15 is 0 Å². The van der Waals surface area contributed by atoms with Gasteiger partial charge in [-0.15, -0.1) is 0 Å². The molecule has 4 rings (SSSR count). The number of rotatable bonds is 8. The molecule has 0 unspecified atom stereocenters. The Morgan fingerprint density at radius 2 is 1.72 bits per heavy atom. The van der Waals surface area contributed by atoms with Crippen LogP contribution in [0.4, 0.5) is 20.6 Å². The van der Waals surface area contributed by atoms with Gasteiger partial charge in [-0.2, -0.15) is 0 Å². The third kappa shape index (κ3) is 6.16. The predicted octanol–water partition coefficient (Wildman–Crippen LogP) is 4.18. The molecule has 0 spiro atoms. The van der Waals surface area contributed by atoms with Gasteiger partial charge in [-0.05, 0) is 72.3 Å². The number of nitrogens with one attached hydrogen (secondary N) is 2. The number of hydrogen-bond donors (Lipinski definition) is 2. The van der Waals surface area contributed by atoms with Crippen molar-refractivity contribution < 1.29 is 37.8 Å². The van der Waals surface area contributed by atoms with E-state index in [1.54, 1.807) is 24.3 Å². The molecule has 12 heteroatoms. The molecular weight excluding hydrogens is 533 g/mol. The van der Waals surface area contributed by atoms with Gasteiger partial charge in [0.05, 0.1) is 24.9 Å². The highest BCUT2D eigenvalue weighted by Gasteiger charge is 2.37. The van der Waals surface area contributed by atoms with Gasteiger partial charge in [-0.3, -0.25) is 19.7 Å². The molecule has 200 valence electrons. The summed E-state index contributed by atoms with van der Waals surface area (Å²) in [5.41, 5.74) is 0.515. The van der Waals surface area contributed by atoms with Gasteiger partial charge in [0.2, 0.25) is 0 Å². The van der Waals surface area contributed by atoms with Crippen molar-refractivity contribution in [3.63, 3.8) is 0 Å². The molecule has 0 atom stereocenters. The average Bonchev–Trinajstić information content (AvgIpc) is 2.91. The van der Waals surface area contributed by atoms with Crippen molar-refractivity contribution in [2.45, 2.75) is 0 Å². The van der Waals surface area contributed by atoms with Crippen molar-refractivity contribution >= 4 is 52.8 Å². The van der Waals surface area contributed by atoms with Gasteiger partial charge in [0.15, 0.2) is 18.1 Å². The SMILES string of the molecule is COc1ccc(NC(=O)COc2c(Cl)cc(/C=C3\C(=O)NC(=O)N(c4ccc(F)cc4)C3=O)cc2OC)cc1. The van der Waals surface area contributed by atoms with Crippen molar-refractivity contribution in [2.75, 3.05) is 31.0 Å². The number of nitrogens with zero attached hydrogens (tertiary/aromatic N) is 1. The number of carbonyl (C=O) groups is 4. The molecular formula is C27H21ClFN3O7. The fraction of sp³-hybridized carbons (Fsp3) is 0.111. The van der Waals surface area contributed by atoms with Crippen LogP contribution in [0.1, 0.15) is 5.56 Å². The number of halogens is 2. The normalized spacial score (nSPS) is 14.2. The van der Waals surface area contributed by atoms with Gasteiger partial charge < -0.3 is 19.5 Å². The zero-order chi connectivity index (χ0) is 28.1. The molecule has 0 saturated carbocycles. The summed E-state index contributed by atoms with van der Waals surface area (Å²) in [5, 5.41) is 4.79. The molecule has 39 heavy (non-hydrogen) atoms. The number of anilines is 2. The Labute approximate surface area is 226 Å². The molecule has 5 amide bonds. The Morgan fingerprint density at radius 1 is 1.03 bits per heavy atom. The van der Waals surface area contributed by atoms with Crippen LogP contribution in [0.5, 0.6) is 17.2 Å². The highest BCUT2D eigenvalue weighted by Crippen LogP contribution is 2.37. The maximum atomic E-state index is 13.3. The zero-order valence-corrected chi connectivity index (χ0v) is 21.4. The van der Waals surface area contributed by atoms with Crippen LogP contribution in [0.2, 0.25) is 5.02 Å². The number of hydrogen-bond acceptors (Lipinski definition) is 7. The van der Waals surface area contributed by atoms with E-state index in [0.29, 0.717) is 16.3 Å². The third-order valence-electron chi connectivity index (χ3n) is 5.47. The first-order chi connectivity index (χ1) is 18.7. The summed E-state index contributed by atoms with van der Waals surface area (Å²) < 4.78 is 29.3. The van der Waals surface area contributed by atoms with Crippen LogP contribution in [0.3, 0.4) is 0 Å². The average molecular weight is 554 g/mol. The Bertz CT molecular complexity index is 1470. The molecule has 3 aromatic rings. The van der Waals surface area contributed by atoms with Gasteiger partial charge in [-0.25, -0.2) is 14.1 Å². The zero-order valence-electron chi connectivity index (χ0n) is 20.6. The summed E-state index contributed by atoms with van der Waals surface area (Å²) >= 11 is 6.38. The van der Waals surface area contributed by atoms with Crippen molar-refractivity contribution in [3.05, 3.63) is 82.6 Å². The highest BCUT2D eigenvalue weighted by atomic mass is 35.5. The van der Waals surface area contributed by atoms with E-state index in [2.05, 4.69) is 10.6 Å². The van der Waals surface area contributed by atoms with Crippen molar-refractivity contribution in [1.82, 2.24) is 5.32 Å². The minimum Gasteiger partial charge on any atom is -0.497 e. The largest absolute Gasteiger partial charge is 0.497 e.